The summed E-state index contributed by atoms with van der Waals surface area (Å²) in [5.41, 5.74) is 0. The molecule has 0 fully saturated rings. The van der Waals surface area contributed by atoms with Gasteiger partial charge in [-0.1, -0.05) is 39.5 Å². The zero-order valence-corrected chi connectivity index (χ0v) is 12.6. The first-order valence-corrected chi connectivity index (χ1v) is 4.05. The van der Waals surface area contributed by atoms with Gasteiger partial charge < -0.3 is 5.32 Å². The predicted octanol–water partition coefficient (Wildman–Crippen LogP) is -0.0357. The smallest absolute Gasteiger partial charge is 0.662 e. The van der Waals surface area contributed by atoms with Gasteiger partial charge in [-0.05, 0) is 0 Å². The van der Waals surface area contributed by atoms with Gasteiger partial charge in [-0.3, -0.25) is 0 Å². The summed E-state index contributed by atoms with van der Waals surface area (Å²) in [6, 6.07) is 0. The maximum atomic E-state index is 4.35. The molecule has 0 N–H and O–H groups in total. The average Bonchev–Trinajstić information content (AvgIpc) is 1.89. The van der Waals surface area contributed by atoms with E-state index in [4.69, 9.17) is 0 Å². The minimum atomic E-state index is 0. The van der Waals surface area contributed by atoms with E-state index < -0.39 is 0 Å². The van der Waals surface area contributed by atoms with E-state index in [0.29, 0.717) is 0 Å². The van der Waals surface area contributed by atoms with Crippen LogP contribution in [0.2, 0.25) is 0 Å². The Hall–Kier alpha value is 1.77. The van der Waals surface area contributed by atoms with Gasteiger partial charge in [-0.2, -0.15) is 0 Å². The first-order valence-electron chi connectivity index (χ1n) is 4.05. The molecule has 0 saturated heterocycles. The molecule has 0 rings (SSSR count). The molecule has 1 nitrogen and oxygen atoms in total. The largest absolute Gasteiger partial charge is 1.00 e. The molecule has 0 saturated carbocycles. The fraction of sp³-hybridized carbons (Fsp3) is 1.00. The van der Waals surface area contributed by atoms with Crippen LogP contribution in [-0.2, 0) is 0 Å². The summed E-state index contributed by atoms with van der Waals surface area (Å²) < 4.78 is 0. The van der Waals surface area contributed by atoms with E-state index in [9.17, 15) is 0 Å². The predicted molar refractivity (Wildman–Crippen MR) is 42.9 cm³/mol. The monoisotopic (exact) mass is 213 g/mol. The van der Waals surface area contributed by atoms with Gasteiger partial charge >= 0.3 is 58.2 Å². The second-order valence-corrected chi connectivity index (χ2v) is 2.38. The summed E-state index contributed by atoms with van der Waals surface area (Å²) in [7, 11) is 0. The summed E-state index contributed by atoms with van der Waals surface area (Å²) in [6.07, 6.45) is 5.08. The van der Waals surface area contributed by atoms with Crippen molar-refractivity contribution >= 4 is 0 Å². The van der Waals surface area contributed by atoms with Gasteiger partial charge in [-0.15, -0.1) is 13.1 Å². The number of unbranched alkanes of at least 4 members (excludes halogenated alkanes) is 2. The van der Waals surface area contributed by atoms with Gasteiger partial charge in [0.15, 0.2) is 0 Å². The van der Waals surface area contributed by atoms with Crippen molar-refractivity contribution in [1.82, 2.24) is 0 Å². The molecule has 0 aliphatic rings. The van der Waals surface area contributed by atoms with Crippen LogP contribution in [0.25, 0.3) is 5.32 Å². The number of hydrogen-bond acceptors (Lipinski definition) is 0. The summed E-state index contributed by atoms with van der Waals surface area (Å²) >= 11 is 0. The number of nitrogens with zero attached hydrogens (tertiary/aromatic N) is 1. The van der Waals surface area contributed by atoms with Crippen LogP contribution in [0.3, 0.4) is 0 Å². The van der Waals surface area contributed by atoms with E-state index in [2.05, 4.69) is 19.2 Å². The summed E-state index contributed by atoms with van der Waals surface area (Å²) in [5, 5.41) is 4.35. The van der Waals surface area contributed by atoms with Crippen molar-refractivity contribution in [1.29, 1.82) is 0 Å². The maximum Gasteiger partial charge on any atom is 1.00 e. The van der Waals surface area contributed by atoms with Gasteiger partial charge in [0.1, 0.15) is 0 Å². The fourth-order valence-electron chi connectivity index (χ4n) is 0.652. The quantitative estimate of drug-likeness (QED) is 0.550. The Morgan fingerprint density at radius 2 is 1.30 bits per heavy atom. The summed E-state index contributed by atoms with van der Waals surface area (Å²) in [4.78, 5) is 0. The Labute approximate surface area is 114 Å². The molecule has 0 heterocycles. The van der Waals surface area contributed by atoms with E-state index in [-0.39, 0.29) is 58.2 Å². The molecular formula is C8H18NRb. The van der Waals surface area contributed by atoms with Crippen molar-refractivity contribution in [2.24, 2.45) is 0 Å². The molecular weight excluding hydrogens is 196 g/mol. The van der Waals surface area contributed by atoms with Crippen LogP contribution in [0.4, 0.5) is 0 Å². The topological polar surface area (TPSA) is 14.1 Å². The van der Waals surface area contributed by atoms with Crippen LogP contribution in [0, 0.1) is 0 Å². The number of hydrogen-bond donors (Lipinski definition) is 0. The van der Waals surface area contributed by atoms with Crippen LogP contribution >= 0.6 is 0 Å². The first-order chi connectivity index (χ1) is 4.41. The van der Waals surface area contributed by atoms with Crippen LogP contribution < -0.4 is 58.2 Å². The third-order valence-electron chi connectivity index (χ3n) is 1.34. The van der Waals surface area contributed by atoms with Gasteiger partial charge in [-0.25, -0.2) is 0 Å². The molecule has 10 heavy (non-hydrogen) atoms. The molecule has 0 aromatic heterocycles. The molecule has 0 aromatic carbocycles. The van der Waals surface area contributed by atoms with Crippen molar-refractivity contribution in [2.45, 2.75) is 39.5 Å². The van der Waals surface area contributed by atoms with Crippen LogP contribution in [0.5, 0.6) is 0 Å². The van der Waals surface area contributed by atoms with Crippen LogP contribution in [0.1, 0.15) is 39.5 Å². The normalized spacial score (nSPS) is 9.00. The molecule has 0 aliphatic heterocycles. The standard InChI is InChI=1S/C8H18N.Rb/c1-3-5-7-9-8-6-4-2;/h3-8H2,1-2H3;/q-1;+1. The molecule has 0 aliphatic carbocycles. The van der Waals surface area contributed by atoms with Gasteiger partial charge in [0, 0.05) is 0 Å². The molecule has 0 radical (unpaired) electrons. The fourth-order valence-corrected chi connectivity index (χ4v) is 0.652. The average molecular weight is 214 g/mol. The molecule has 56 valence electrons. The van der Waals surface area contributed by atoms with E-state index in [1.54, 1.807) is 0 Å². The van der Waals surface area contributed by atoms with E-state index >= 15 is 0 Å². The molecule has 2 heteroatoms. The molecule has 0 bridgehead atoms. The third kappa shape index (κ3) is 12.4. The van der Waals surface area contributed by atoms with Crippen LogP contribution in [0.15, 0.2) is 0 Å². The van der Waals surface area contributed by atoms with Crippen LogP contribution in [-0.4, -0.2) is 13.1 Å². The maximum absolute atomic E-state index is 4.35. The van der Waals surface area contributed by atoms with Gasteiger partial charge in [0.05, 0.1) is 0 Å². The first kappa shape index (κ1) is 14.3. The van der Waals surface area contributed by atoms with E-state index in [1.807, 2.05) is 0 Å². The molecule has 0 unspecified atom stereocenters. The van der Waals surface area contributed by atoms with Crippen molar-refractivity contribution in [3.63, 3.8) is 0 Å². The summed E-state index contributed by atoms with van der Waals surface area (Å²) in [6.45, 7) is 6.57. The minimum Gasteiger partial charge on any atom is -0.662 e. The Balaban J connectivity index is 0. The van der Waals surface area contributed by atoms with E-state index in [1.165, 1.54) is 25.7 Å². The minimum absolute atomic E-state index is 0. The summed E-state index contributed by atoms with van der Waals surface area (Å²) in [5.74, 6) is 0. The SMILES string of the molecule is CCCC[N-]CCCC.[Rb+]. The van der Waals surface area contributed by atoms with Crippen molar-refractivity contribution in [3.8, 4) is 0 Å². The molecule has 0 spiro atoms. The van der Waals surface area contributed by atoms with Gasteiger partial charge in [0.25, 0.3) is 0 Å². The Morgan fingerprint density at radius 3 is 1.60 bits per heavy atom. The Kier molecular flexibility index (Phi) is 19.1. The molecule has 0 atom stereocenters. The third-order valence-corrected chi connectivity index (χ3v) is 1.34. The Bertz CT molecular complexity index is 42.5. The molecule has 0 aromatic rings. The second-order valence-electron chi connectivity index (χ2n) is 2.38. The Morgan fingerprint density at radius 1 is 0.900 bits per heavy atom. The molecule has 0 amide bonds. The zero-order valence-electron chi connectivity index (χ0n) is 7.69. The van der Waals surface area contributed by atoms with Crippen molar-refractivity contribution in [3.05, 3.63) is 5.32 Å². The van der Waals surface area contributed by atoms with Crippen molar-refractivity contribution in [2.75, 3.05) is 13.1 Å². The zero-order chi connectivity index (χ0) is 6.95. The van der Waals surface area contributed by atoms with Crippen molar-refractivity contribution < 1.29 is 58.2 Å². The second kappa shape index (κ2) is 13.4. The van der Waals surface area contributed by atoms with E-state index in [0.717, 1.165) is 13.1 Å². The number of rotatable bonds is 6. The van der Waals surface area contributed by atoms with Gasteiger partial charge in [0.2, 0.25) is 0 Å².